The molecule has 0 aromatic carbocycles. The first-order valence-corrected chi connectivity index (χ1v) is 4.85. The van der Waals surface area contributed by atoms with E-state index in [1.807, 2.05) is 0 Å². The predicted octanol–water partition coefficient (Wildman–Crippen LogP) is 2.71. The van der Waals surface area contributed by atoms with Gasteiger partial charge in [0.15, 0.2) is 0 Å². The van der Waals surface area contributed by atoms with E-state index in [0.717, 1.165) is 0 Å². The molecule has 0 spiro atoms. The summed E-state index contributed by atoms with van der Waals surface area (Å²) >= 11 is 0. The summed E-state index contributed by atoms with van der Waals surface area (Å²) in [6, 6.07) is 0. The summed E-state index contributed by atoms with van der Waals surface area (Å²) in [5.41, 5.74) is 4.90. The fourth-order valence-electron chi connectivity index (χ4n) is 2.11. The van der Waals surface area contributed by atoms with E-state index in [1.165, 1.54) is 32.2 Å². The Hall–Kier alpha value is -0.720. The molecule has 66 valence electrons. The largest absolute Gasteiger partial charge is 0.378 e. The second-order valence-corrected chi connectivity index (χ2v) is 3.97. The van der Waals surface area contributed by atoms with Crippen molar-refractivity contribution in [2.24, 2.45) is 0 Å². The zero-order valence-electron chi connectivity index (χ0n) is 8.06. The summed E-state index contributed by atoms with van der Waals surface area (Å²) in [5, 5.41) is 0. The van der Waals surface area contributed by atoms with Gasteiger partial charge in [-0.15, -0.1) is 0 Å². The van der Waals surface area contributed by atoms with Gasteiger partial charge in [0, 0.05) is 25.7 Å². The van der Waals surface area contributed by atoms with Crippen LogP contribution >= 0.6 is 0 Å². The molecule has 0 N–H and O–H groups in total. The van der Waals surface area contributed by atoms with Gasteiger partial charge in [0.1, 0.15) is 0 Å². The van der Waals surface area contributed by atoms with Crippen LogP contribution in [0.4, 0.5) is 0 Å². The average molecular weight is 163 g/mol. The lowest BCUT2D eigenvalue weighted by Crippen LogP contribution is -2.24. The van der Waals surface area contributed by atoms with Gasteiger partial charge in [-0.25, -0.2) is 0 Å². The van der Waals surface area contributed by atoms with E-state index in [9.17, 15) is 0 Å². The molecule has 0 saturated carbocycles. The van der Waals surface area contributed by atoms with Crippen LogP contribution in [0.25, 0.3) is 0 Å². The van der Waals surface area contributed by atoms with Crippen molar-refractivity contribution in [3.63, 3.8) is 0 Å². The van der Waals surface area contributed by atoms with Gasteiger partial charge in [-0.05, 0) is 26.2 Å². The highest BCUT2D eigenvalue weighted by atomic mass is 15.1. The zero-order valence-corrected chi connectivity index (χ0v) is 8.06. The van der Waals surface area contributed by atoms with E-state index in [4.69, 9.17) is 0 Å². The molecule has 2 rings (SSSR count). The van der Waals surface area contributed by atoms with Gasteiger partial charge in [0.05, 0.1) is 0 Å². The molecular weight excluding hydrogens is 146 g/mol. The molecule has 1 aliphatic heterocycles. The fourth-order valence-corrected chi connectivity index (χ4v) is 2.11. The molecule has 1 aliphatic carbocycles. The van der Waals surface area contributed by atoms with Crippen molar-refractivity contribution in [3.05, 3.63) is 22.9 Å². The summed E-state index contributed by atoms with van der Waals surface area (Å²) in [4.78, 5) is 2.40. The van der Waals surface area contributed by atoms with Crippen molar-refractivity contribution in [3.8, 4) is 0 Å². The van der Waals surface area contributed by atoms with Crippen molar-refractivity contribution in [1.29, 1.82) is 0 Å². The van der Waals surface area contributed by atoms with E-state index >= 15 is 0 Å². The van der Waals surface area contributed by atoms with Gasteiger partial charge in [0.2, 0.25) is 0 Å². The van der Waals surface area contributed by atoms with Gasteiger partial charge in [-0.3, -0.25) is 0 Å². The third kappa shape index (κ3) is 1.28. The third-order valence-electron chi connectivity index (χ3n) is 3.14. The van der Waals surface area contributed by atoms with Crippen LogP contribution in [0.5, 0.6) is 0 Å². The average Bonchev–Trinajstić information content (AvgIpc) is 2.21. The van der Waals surface area contributed by atoms with E-state index in [0.29, 0.717) is 0 Å². The molecule has 1 heterocycles. The molecule has 0 aromatic heterocycles. The van der Waals surface area contributed by atoms with Crippen LogP contribution in [-0.4, -0.2) is 18.5 Å². The standard InChI is InChI=1S/C11H17N/c1-9-4-3-5-11-8-10(9)6-7-12(11)2/h5H,3-4,6-8H2,1-2H3. The second kappa shape index (κ2) is 2.96. The van der Waals surface area contributed by atoms with Crippen LogP contribution in [0, 0.1) is 0 Å². The van der Waals surface area contributed by atoms with Crippen LogP contribution in [0.1, 0.15) is 32.6 Å². The number of hydrogen-bond acceptors (Lipinski definition) is 1. The predicted molar refractivity (Wildman–Crippen MR) is 51.9 cm³/mol. The Morgan fingerprint density at radius 1 is 1.33 bits per heavy atom. The highest BCUT2D eigenvalue weighted by Gasteiger charge is 2.18. The Balaban J connectivity index is 2.28. The number of rotatable bonds is 0. The molecule has 1 saturated heterocycles. The second-order valence-electron chi connectivity index (χ2n) is 3.97. The number of nitrogens with zero attached hydrogens (tertiary/aromatic N) is 1. The van der Waals surface area contributed by atoms with Gasteiger partial charge < -0.3 is 4.90 Å². The van der Waals surface area contributed by atoms with Crippen LogP contribution < -0.4 is 0 Å². The first kappa shape index (κ1) is 7.90. The Labute approximate surface area is 74.8 Å². The van der Waals surface area contributed by atoms with E-state index in [-0.39, 0.29) is 0 Å². The normalized spacial score (nSPS) is 23.8. The molecule has 0 atom stereocenters. The van der Waals surface area contributed by atoms with E-state index in [1.54, 1.807) is 16.8 Å². The topological polar surface area (TPSA) is 3.24 Å². The number of hydrogen-bond donors (Lipinski definition) is 0. The summed E-state index contributed by atoms with van der Waals surface area (Å²) in [7, 11) is 2.21. The maximum atomic E-state index is 2.41. The molecule has 12 heavy (non-hydrogen) atoms. The van der Waals surface area contributed by atoms with Gasteiger partial charge in [0.25, 0.3) is 0 Å². The monoisotopic (exact) mass is 163 g/mol. The van der Waals surface area contributed by atoms with E-state index in [2.05, 4.69) is 24.9 Å². The number of likely N-dealkylation sites (tertiary alicyclic amines) is 1. The quantitative estimate of drug-likeness (QED) is 0.496. The van der Waals surface area contributed by atoms with Crippen LogP contribution in [0.3, 0.4) is 0 Å². The molecule has 0 amide bonds. The number of allylic oxidation sites excluding steroid dienone is 3. The minimum Gasteiger partial charge on any atom is -0.378 e. The maximum absolute atomic E-state index is 2.41. The maximum Gasteiger partial charge on any atom is 0.0209 e. The Morgan fingerprint density at radius 3 is 3.00 bits per heavy atom. The first-order chi connectivity index (χ1) is 5.77. The molecular formula is C11H17N. The summed E-state index contributed by atoms with van der Waals surface area (Å²) in [6.07, 6.45) is 7.46. The molecule has 1 heteroatoms. The molecule has 0 unspecified atom stereocenters. The Kier molecular flexibility index (Phi) is 1.95. The molecule has 2 bridgehead atoms. The van der Waals surface area contributed by atoms with Crippen LogP contribution in [-0.2, 0) is 0 Å². The molecule has 0 radical (unpaired) electrons. The van der Waals surface area contributed by atoms with Crippen molar-refractivity contribution in [2.45, 2.75) is 32.6 Å². The highest BCUT2D eigenvalue weighted by molar-refractivity contribution is 5.26. The van der Waals surface area contributed by atoms with Crippen LogP contribution in [0.15, 0.2) is 22.9 Å². The molecule has 2 aliphatic rings. The summed E-state index contributed by atoms with van der Waals surface area (Å²) in [6.45, 7) is 3.52. The smallest absolute Gasteiger partial charge is 0.0209 e. The highest BCUT2D eigenvalue weighted by Crippen LogP contribution is 2.31. The third-order valence-corrected chi connectivity index (χ3v) is 3.14. The van der Waals surface area contributed by atoms with Crippen LogP contribution in [0.2, 0.25) is 0 Å². The Morgan fingerprint density at radius 2 is 2.17 bits per heavy atom. The summed E-state index contributed by atoms with van der Waals surface area (Å²) in [5.74, 6) is 0. The minimum atomic E-state index is 1.22. The van der Waals surface area contributed by atoms with E-state index < -0.39 is 0 Å². The minimum absolute atomic E-state index is 1.22. The number of piperidine rings is 1. The summed E-state index contributed by atoms with van der Waals surface area (Å²) < 4.78 is 0. The number of fused-ring (bicyclic) bond motifs is 2. The fraction of sp³-hybridized carbons (Fsp3) is 0.636. The lowest BCUT2D eigenvalue weighted by molar-refractivity contribution is 0.381. The first-order valence-electron chi connectivity index (χ1n) is 4.85. The Bertz CT molecular complexity index is 248. The zero-order chi connectivity index (χ0) is 8.55. The van der Waals surface area contributed by atoms with Crippen molar-refractivity contribution < 1.29 is 0 Å². The lowest BCUT2D eigenvalue weighted by Gasteiger charge is -2.29. The molecule has 1 nitrogen and oxygen atoms in total. The van der Waals surface area contributed by atoms with Gasteiger partial charge >= 0.3 is 0 Å². The van der Waals surface area contributed by atoms with Gasteiger partial charge in [-0.2, -0.15) is 0 Å². The van der Waals surface area contributed by atoms with Crippen molar-refractivity contribution >= 4 is 0 Å². The van der Waals surface area contributed by atoms with Crippen molar-refractivity contribution in [2.75, 3.05) is 13.6 Å². The molecule has 0 aromatic rings. The molecule has 1 fully saturated rings. The lowest BCUT2D eigenvalue weighted by atomic mass is 9.97. The van der Waals surface area contributed by atoms with Crippen molar-refractivity contribution in [1.82, 2.24) is 4.90 Å². The SMILES string of the molecule is CC1=C2CCN(C)C(=CCC1)C2. The van der Waals surface area contributed by atoms with Gasteiger partial charge in [-0.1, -0.05) is 17.2 Å².